The van der Waals surface area contributed by atoms with Crippen molar-refractivity contribution in [2.75, 3.05) is 5.75 Å². The molecule has 1 heterocycles. The zero-order chi connectivity index (χ0) is 19.9. The predicted octanol–water partition coefficient (Wildman–Crippen LogP) is 0.731. The van der Waals surface area contributed by atoms with Crippen molar-refractivity contribution in [3.05, 3.63) is 35.4 Å². The summed E-state index contributed by atoms with van der Waals surface area (Å²) in [4.78, 5) is 24.1. The van der Waals surface area contributed by atoms with Gasteiger partial charge in [0.05, 0.1) is 5.92 Å². The Kier molecular flexibility index (Phi) is 7.03. The van der Waals surface area contributed by atoms with E-state index in [9.17, 15) is 9.59 Å². The van der Waals surface area contributed by atoms with Crippen molar-refractivity contribution in [2.24, 2.45) is 16.0 Å². The molecule has 140 valence electrons. The second kappa shape index (κ2) is 9.24. The monoisotopic (exact) mass is 384 g/mol. The molecule has 0 saturated heterocycles. The standard InChI is InChI=1S/C19H20N4O3S/c1-19(2,20)16(18(25)23-26)22-17(24)15-9-7-13(8-10-15)5-3-4-6-14-11-21-27-12-14/h7-11,14,16,26H,12,20H2,1-2H3,(H,22,24)(H,23,25)/t14?,16-/m1/s1. The molecule has 1 unspecified atom stereocenters. The summed E-state index contributed by atoms with van der Waals surface area (Å²) < 4.78 is 4.04. The Morgan fingerprint density at radius 2 is 2.04 bits per heavy atom. The number of amides is 2. The zero-order valence-corrected chi connectivity index (χ0v) is 15.8. The van der Waals surface area contributed by atoms with Crippen molar-refractivity contribution in [3.8, 4) is 23.7 Å². The van der Waals surface area contributed by atoms with E-state index < -0.39 is 23.4 Å². The molecule has 0 bridgehead atoms. The van der Waals surface area contributed by atoms with Crippen molar-refractivity contribution in [1.82, 2.24) is 10.8 Å². The summed E-state index contributed by atoms with van der Waals surface area (Å²) in [6.45, 7) is 3.14. The first kappa shape index (κ1) is 20.5. The van der Waals surface area contributed by atoms with E-state index in [-0.39, 0.29) is 5.92 Å². The van der Waals surface area contributed by atoms with E-state index in [1.807, 2.05) is 0 Å². The highest BCUT2D eigenvalue weighted by Crippen LogP contribution is 2.14. The maximum Gasteiger partial charge on any atom is 0.267 e. The number of hydrogen-bond acceptors (Lipinski definition) is 6. The smallest absolute Gasteiger partial charge is 0.267 e. The lowest BCUT2D eigenvalue weighted by atomic mass is 9.95. The van der Waals surface area contributed by atoms with Gasteiger partial charge >= 0.3 is 0 Å². The summed E-state index contributed by atoms with van der Waals surface area (Å²) in [5.41, 5.74) is 7.39. The summed E-state index contributed by atoms with van der Waals surface area (Å²) in [5, 5.41) is 11.3. The fourth-order valence-electron chi connectivity index (χ4n) is 2.17. The topological polar surface area (TPSA) is 117 Å². The number of nitrogens with zero attached hydrogens (tertiary/aromatic N) is 1. The van der Waals surface area contributed by atoms with Gasteiger partial charge in [-0.05, 0) is 61.9 Å². The zero-order valence-electron chi connectivity index (χ0n) is 14.9. The van der Waals surface area contributed by atoms with Gasteiger partial charge in [-0.2, -0.15) is 0 Å². The quantitative estimate of drug-likeness (QED) is 0.264. The molecule has 27 heavy (non-hydrogen) atoms. The minimum atomic E-state index is -1.10. The summed E-state index contributed by atoms with van der Waals surface area (Å²) in [6, 6.07) is 5.45. The largest absolute Gasteiger partial charge is 0.338 e. The number of carbonyl (C=O) groups is 2. The Hall–Kier alpha value is -2.78. The fourth-order valence-corrected chi connectivity index (χ4v) is 2.82. The third kappa shape index (κ3) is 6.15. The second-order valence-electron chi connectivity index (χ2n) is 6.46. The number of carbonyl (C=O) groups excluding carboxylic acids is 2. The van der Waals surface area contributed by atoms with Gasteiger partial charge in [-0.1, -0.05) is 11.8 Å². The highest BCUT2D eigenvalue weighted by molar-refractivity contribution is 7.98. The van der Waals surface area contributed by atoms with E-state index in [0.29, 0.717) is 11.1 Å². The fraction of sp³-hybridized carbons (Fsp3) is 0.316. The molecule has 5 N–H and O–H groups in total. The molecular weight excluding hydrogens is 364 g/mol. The number of hydroxylamine groups is 1. The first-order valence-electron chi connectivity index (χ1n) is 8.12. The van der Waals surface area contributed by atoms with Crippen molar-refractivity contribution in [1.29, 1.82) is 0 Å². The van der Waals surface area contributed by atoms with Crippen LogP contribution in [0.1, 0.15) is 29.8 Å². The lowest BCUT2D eigenvalue weighted by molar-refractivity contribution is -0.132. The number of benzene rings is 1. The normalized spacial score (nSPS) is 16.4. The third-order valence-corrected chi connectivity index (χ3v) is 4.41. The van der Waals surface area contributed by atoms with Crippen LogP contribution in [0.3, 0.4) is 0 Å². The molecule has 0 fully saturated rings. The van der Waals surface area contributed by atoms with Crippen molar-refractivity contribution >= 4 is 30.0 Å². The Bertz CT molecular complexity index is 851. The number of rotatable bonds is 4. The van der Waals surface area contributed by atoms with Crippen LogP contribution in [-0.2, 0) is 4.79 Å². The summed E-state index contributed by atoms with van der Waals surface area (Å²) in [6.07, 6.45) is 1.81. The van der Waals surface area contributed by atoms with Gasteiger partial charge in [0.2, 0.25) is 0 Å². The highest BCUT2D eigenvalue weighted by atomic mass is 32.2. The predicted molar refractivity (Wildman–Crippen MR) is 105 cm³/mol. The Morgan fingerprint density at radius 3 is 2.59 bits per heavy atom. The Morgan fingerprint density at radius 1 is 1.33 bits per heavy atom. The number of nitrogens with two attached hydrogens (primary N) is 1. The molecule has 1 aliphatic rings. The van der Waals surface area contributed by atoms with Crippen LogP contribution in [0, 0.1) is 29.6 Å². The molecule has 0 aliphatic carbocycles. The van der Waals surface area contributed by atoms with Crippen LogP contribution in [0.25, 0.3) is 0 Å². The minimum absolute atomic E-state index is 0.145. The Labute approximate surface area is 162 Å². The van der Waals surface area contributed by atoms with Crippen LogP contribution in [0.15, 0.2) is 28.7 Å². The van der Waals surface area contributed by atoms with E-state index in [0.717, 1.165) is 5.75 Å². The van der Waals surface area contributed by atoms with Gasteiger partial charge in [-0.15, -0.1) is 0 Å². The van der Waals surface area contributed by atoms with Crippen molar-refractivity contribution < 1.29 is 14.8 Å². The van der Waals surface area contributed by atoms with Gasteiger partial charge in [0, 0.05) is 28.6 Å². The lowest BCUT2D eigenvalue weighted by Crippen LogP contribution is -2.61. The van der Waals surface area contributed by atoms with Gasteiger partial charge in [-0.25, -0.2) is 9.88 Å². The van der Waals surface area contributed by atoms with E-state index in [1.165, 1.54) is 17.4 Å². The van der Waals surface area contributed by atoms with Crippen LogP contribution in [0.4, 0.5) is 0 Å². The Balaban J connectivity index is 2.02. The molecule has 0 radical (unpaired) electrons. The molecule has 0 spiro atoms. The third-order valence-electron chi connectivity index (χ3n) is 3.64. The average molecular weight is 384 g/mol. The lowest BCUT2D eigenvalue weighted by Gasteiger charge is -2.29. The van der Waals surface area contributed by atoms with Crippen molar-refractivity contribution in [2.45, 2.75) is 25.4 Å². The maximum atomic E-state index is 12.3. The van der Waals surface area contributed by atoms with Gasteiger partial charge in [0.1, 0.15) is 6.04 Å². The first-order chi connectivity index (χ1) is 12.8. The molecule has 2 amide bonds. The van der Waals surface area contributed by atoms with E-state index >= 15 is 0 Å². The molecule has 2 atom stereocenters. The van der Waals surface area contributed by atoms with E-state index in [4.69, 9.17) is 10.9 Å². The molecule has 1 aliphatic heterocycles. The summed E-state index contributed by atoms with van der Waals surface area (Å²) >= 11 is 1.48. The van der Waals surface area contributed by atoms with Crippen LogP contribution >= 0.6 is 11.9 Å². The van der Waals surface area contributed by atoms with E-state index in [1.54, 1.807) is 44.3 Å². The molecule has 8 heteroatoms. The SMILES string of the molecule is CC(C)(N)[C@H](NC(=O)c1ccc(C#CC#CC2C=NSC2)cc1)C(=O)NO. The molecule has 0 aromatic heterocycles. The summed E-state index contributed by atoms with van der Waals surface area (Å²) in [7, 11) is 0. The van der Waals surface area contributed by atoms with E-state index in [2.05, 4.69) is 33.4 Å². The number of nitrogens with one attached hydrogen (secondary N) is 2. The molecule has 1 aromatic rings. The van der Waals surface area contributed by atoms with Crippen LogP contribution < -0.4 is 16.5 Å². The average Bonchev–Trinajstić information content (AvgIpc) is 3.15. The molecular formula is C19H20N4O3S. The molecule has 1 aromatic carbocycles. The number of hydrogen-bond donors (Lipinski definition) is 4. The molecule has 7 nitrogen and oxygen atoms in total. The van der Waals surface area contributed by atoms with Crippen molar-refractivity contribution in [3.63, 3.8) is 0 Å². The van der Waals surface area contributed by atoms with Crippen LogP contribution in [-0.4, -0.2) is 40.6 Å². The van der Waals surface area contributed by atoms with Crippen LogP contribution in [0.5, 0.6) is 0 Å². The van der Waals surface area contributed by atoms with Gasteiger partial charge in [-0.3, -0.25) is 14.8 Å². The first-order valence-corrected chi connectivity index (χ1v) is 9.06. The van der Waals surface area contributed by atoms with Crippen LogP contribution in [0.2, 0.25) is 0 Å². The molecule has 0 saturated carbocycles. The second-order valence-corrected chi connectivity index (χ2v) is 7.26. The van der Waals surface area contributed by atoms with Gasteiger partial charge < -0.3 is 11.1 Å². The molecule has 2 rings (SSSR count). The van der Waals surface area contributed by atoms with Gasteiger partial charge in [0.25, 0.3) is 11.8 Å². The summed E-state index contributed by atoms with van der Waals surface area (Å²) in [5.74, 6) is 11.2. The van der Waals surface area contributed by atoms with Gasteiger partial charge in [0.15, 0.2) is 0 Å². The maximum absolute atomic E-state index is 12.3. The highest BCUT2D eigenvalue weighted by Gasteiger charge is 2.33. The minimum Gasteiger partial charge on any atom is -0.338 e.